The molecule has 2 atom stereocenters. The number of hydrogen-bond acceptors (Lipinski definition) is 5. The average molecular weight is 290 g/mol. The topological polar surface area (TPSA) is 101 Å². The number of anilines is 1. The summed E-state index contributed by atoms with van der Waals surface area (Å²) in [5.74, 6) is 6.18. The van der Waals surface area contributed by atoms with E-state index in [1.54, 1.807) is 4.90 Å². The van der Waals surface area contributed by atoms with Crippen molar-refractivity contribution in [3.05, 3.63) is 33.9 Å². The molecular formula is C14H18N4O3. The number of amides is 1. The number of nitrogens with two attached hydrogens (primary N) is 1. The number of nitrogens with one attached hydrogen (secondary N) is 1. The number of nitrogen functional groups attached to an aromatic ring is 1. The Kier molecular flexibility index (Phi) is 3.50. The number of hydrazine groups is 1. The second-order valence-electron chi connectivity index (χ2n) is 5.79. The van der Waals surface area contributed by atoms with E-state index in [1.807, 2.05) is 0 Å². The maximum absolute atomic E-state index is 12.6. The molecule has 1 heterocycles. The van der Waals surface area contributed by atoms with Gasteiger partial charge in [-0.3, -0.25) is 20.8 Å². The van der Waals surface area contributed by atoms with E-state index in [2.05, 4.69) is 5.43 Å². The van der Waals surface area contributed by atoms with Crippen LogP contribution in [0.2, 0.25) is 0 Å². The highest BCUT2D eigenvalue weighted by Crippen LogP contribution is 2.38. The minimum Gasteiger partial charge on any atom is -0.338 e. The van der Waals surface area contributed by atoms with Crippen LogP contribution in [-0.4, -0.2) is 28.8 Å². The summed E-state index contributed by atoms with van der Waals surface area (Å²) >= 11 is 0. The molecule has 3 N–H and O–H groups in total. The van der Waals surface area contributed by atoms with Crippen LogP contribution < -0.4 is 11.3 Å². The molecule has 2 unspecified atom stereocenters. The molecule has 2 fully saturated rings. The Morgan fingerprint density at radius 1 is 1.33 bits per heavy atom. The fourth-order valence-corrected chi connectivity index (χ4v) is 3.53. The van der Waals surface area contributed by atoms with Crippen molar-refractivity contribution in [2.24, 2.45) is 17.7 Å². The third kappa shape index (κ3) is 2.44. The molecule has 2 aliphatic rings. The Morgan fingerprint density at radius 2 is 2.00 bits per heavy atom. The third-order valence-electron chi connectivity index (χ3n) is 4.60. The van der Waals surface area contributed by atoms with E-state index in [9.17, 15) is 14.9 Å². The van der Waals surface area contributed by atoms with Crippen LogP contribution in [0.25, 0.3) is 0 Å². The first-order chi connectivity index (χ1) is 10.1. The normalized spacial score (nSPS) is 24.0. The summed E-state index contributed by atoms with van der Waals surface area (Å²) in [6.45, 7) is 1.42. The first-order valence-corrected chi connectivity index (χ1v) is 7.14. The Bertz CT molecular complexity index is 578. The zero-order valence-electron chi connectivity index (χ0n) is 11.6. The van der Waals surface area contributed by atoms with E-state index in [0.717, 1.165) is 12.8 Å². The molecule has 0 bridgehead atoms. The van der Waals surface area contributed by atoms with E-state index in [4.69, 9.17) is 5.84 Å². The maximum Gasteiger partial charge on any atom is 0.282 e. The van der Waals surface area contributed by atoms with Gasteiger partial charge in [0.25, 0.3) is 11.6 Å². The molecule has 112 valence electrons. The van der Waals surface area contributed by atoms with Crippen molar-refractivity contribution in [2.45, 2.75) is 19.3 Å². The molecule has 3 rings (SSSR count). The molecule has 1 amide bonds. The number of rotatable bonds is 3. The molecule has 7 nitrogen and oxygen atoms in total. The molecule has 1 aromatic rings. The number of likely N-dealkylation sites (tertiary alicyclic amines) is 1. The van der Waals surface area contributed by atoms with Gasteiger partial charge < -0.3 is 10.3 Å². The van der Waals surface area contributed by atoms with Gasteiger partial charge in [0, 0.05) is 24.8 Å². The molecule has 0 aromatic heterocycles. The average Bonchev–Trinajstić information content (AvgIpc) is 3.06. The highest BCUT2D eigenvalue weighted by atomic mass is 16.6. The summed E-state index contributed by atoms with van der Waals surface area (Å²) in [6, 6.07) is 4.27. The van der Waals surface area contributed by atoms with Crippen LogP contribution in [0.1, 0.15) is 29.6 Å². The summed E-state index contributed by atoms with van der Waals surface area (Å²) in [6.07, 6.45) is 3.53. The van der Waals surface area contributed by atoms with Crippen molar-refractivity contribution >= 4 is 17.3 Å². The van der Waals surface area contributed by atoms with Crippen molar-refractivity contribution in [3.63, 3.8) is 0 Å². The number of carbonyl (C=O) groups excluding carboxylic acids is 1. The Labute approximate surface area is 122 Å². The second-order valence-corrected chi connectivity index (χ2v) is 5.79. The molecular weight excluding hydrogens is 272 g/mol. The molecule has 1 saturated heterocycles. The fraction of sp³-hybridized carbons (Fsp3) is 0.500. The van der Waals surface area contributed by atoms with Crippen molar-refractivity contribution < 1.29 is 9.72 Å². The number of carbonyl (C=O) groups is 1. The summed E-state index contributed by atoms with van der Waals surface area (Å²) in [4.78, 5) is 25.0. The molecule has 1 aliphatic heterocycles. The standard InChI is InChI=1S/C14H18N4O3/c15-16-11-4-5-13(18(20)21)12(6-11)14(19)17-7-9-2-1-3-10(9)8-17/h4-6,9-10,16H,1-3,7-8,15H2. The number of fused-ring (bicyclic) bond motifs is 1. The molecule has 0 radical (unpaired) electrons. The van der Waals surface area contributed by atoms with Gasteiger partial charge in [-0.05, 0) is 36.8 Å². The van der Waals surface area contributed by atoms with E-state index in [0.29, 0.717) is 30.6 Å². The molecule has 1 aromatic carbocycles. The number of nitrogens with zero attached hydrogens (tertiary/aromatic N) is 2. The van der Waals surface area contributed by atoms with Gasteiger partial charge in [0.1, 0.15) is 5.56 Å². The van der Waals surface area contributed by atoms with E-state index >= 15 is 0 Å². The maximum atomic E-state index is 12.6. The smallest absolute Gasteiger partial charge is 0.282 e. The summed E-state index contributed by atoms with van der Waals surface area (Å²) in [5.41, 5.74) is 2.85. The van der Waals surface area contributed by atoms with E-state index in [-0.39, 0.29) is 17.2 Å². The molecule has 1 aliphatic carbocycles. The second kappa shape index (κ2) is 5.33. The number of benzene rings is 1. The highest BCUT2D eigenvalue weighted by molar-refractivity contribution is 5.99. The SMILES string of the molecule is NNc1ccc([N+](=O)[O-])c(C(=O)N2CC3CCCC3C2)c1. The lowest BCUT2D eigenvalue weighted by atomic mass is 10.0. The van der Waals surface area contributed by atoms with Crippen LogP contribution in [0.5, 0.6) is 0 Å². The largest absolute Gasteiger partial charge is 0.338 e. The summed E-state index contributed by atoms with van der Waals surface area (Å²) in [5, 5.41) is 11.1. The molecule has 0 spiro atoms. The fourth-order valence-electron chi connectivity index (χ4n) is 3.53. The van der Waals surface area contributed by atoms with Gasteiger partial charge in [0.15, 0.2) is 0 Å². The minimum absolute atomic E-state index is 0.107. The molecule has 21 heavy (non-hydrogen) atoms. The van der Waals surface area contributed by atoms with Gasteiger partial charge in [-0.1, -0.05) is 6.42 Å². The molecule has 1 saturated carbocycles. The summed E-state index contributed by atoms with van der Waals surface area (Å²) in [7, 11) is 0. The van der Waals surface area contributed by atoms with Crippen LogP contribution in [0, 0.1) is 22.0 Å². The van der Waals surface area contributed by atoms with Crippen molar-refractivity contribution in [1.29, 1.82) is 0 Å². The van der Waals surface area contributed by atoms with Gasteiger partial charge >= 0.3 is 0 Å². The minimum atomic E-state index is -0.523. The van der Waals surface area contributed by atoms with Crippen LogP contribution in [-0.2, 0) is 0 Å². The lowest BCUT2D eigenvalue weighted by Crippen LogP contribution is -2.30. The van der Waals surface area contributed by atoms with Crippen molar-refractivity contribution in [2.75, 3.05) is 18.5 Å². The third-order valence-corrected chi connectivity index (χ3v) is 4.60. The van der Waals surface area contributed by atoms with Crippen LogP contribution in [0.3, 0.4) is 0 Å². The predicted molar refractivity (Wildman–Crippen MR) is 77.6 cm³/mol. The van der Waals surface area contributed by atoms with Crippen molar-refractivity contribution in [1.82, 2.24) is 4.90 Å². The lowest BCUT2D eigenvalue weighted by Gasteiger charge is -2.17. The van der Waals surface area contributed by atoms with Gasteiger partial charge in [-0.25, -0.2) is 0 Å². The first kappa shape index (κ1) is 13.8. The number of nitro groups is 1. The lowest BCUT2D eigenvalue weighted by molar-refractivity contribution is -0.385. The van der Waals surface area contributed by atoms with E-state index in [1.165, 1.54) is 24.6 Å². The van der Waals surface area contributed by atoms with Crippen LogP contribution >= 0.6 is 0 Å². The van der Waals surface area contributed by atoms with Gasteiger partial charge in [0.05, 0.1) is 4.92 Å². The Balaban J connectivity index is 1.88. The molecule has 7 heteroatoms. The highest BCUT2D eigenvalue weighted by Gasteiger charge is 2.39. The van der Waals surface area contributed by atoms with Crippen LogP contribution in [0.4, 0.5) is 11.4 Å². The van der Waals surface area contributed by atoms with Gasteiger partial charge in [-0.2, -0.15) is 0 Å². The monoisotopic (exact) mass is 290 g/mol. The van der Waals surface area contributed by atoms with Gasteiger partial charge in [-0.15, -0.1) is 0 Å². The first-order valence-electron chi connectivity index (χ1n) is 7.14. The zero-order valence-corrected chi connectivity index (χ0v) is 11.6. The predicted octanol–water partition coefficient (Wildman–Crippen LogP) is 1.75. The Hall–Kier alpha value is -2.15. The summed E-state index contributed by atoms with van der Waals surface area (Å²) < 4.78 is 0. The Morgan fingerprint density at radius 3 is 2.57 bits per heavy atom. The number of hydrogen-bond donors (Lipinski definition) is 2. The van der Waals surface area contributed by atoms with E-state index < -0.39 is 4.92 Å². The van der Waals surface area contributed by atoms with Gasteiger partial charge in [0.2, 0.25) is 0 Å². The number of nitro benzene ring substituents is 1. The quantitative estimate of drug-likeness (QED) is 0.501. The van der Waals surface area contributed by atoms with Crippen LogP contribution in [0.15, 0.2) is 18.2 Å². The zero-order chi connectivity index (χ0) is 15.0. The van der Waals surface area contributed by atoms with Crippen molar-refractivity contribution in [3.8, 4) is 0 Å².